The second-order valence-corrected chi connectivity index (χ2v) is 4.47. The first-order valence-electron chi connectivity index (χ1n) is 4.76. The molecule has 0 aromatic heterocycles. The van der Waals surface area contributed by atoms with Crippen LogP contribution in [0.15, 0.2) is 0 Å². The van der Waals surface area contributed by atoms with Gasteiger partial charge in [-0.05, 0) is 19.1 Å². The molecule has 84 valence electrons. The number of rotatable bonds is 3. The van der Waals surface area contributed by atoms with Gasteiger partial charge in [0.15, 0.2) is 0 Å². The van der Waals surface area contributed by atoms with Gasteiger partial charge in [0.25, 0.3) is 0 Å². The molecule has 3 nitrogen and oxygen atoms in total. The second kappa shape index (κ2) is 7.37. The third kappa shape index (κ3) is 4.53. The van der Waals surface area contributed by atoms with E-state index >= 15 is 0 Å². The highest BCUT2D eigenvalue weighted by atomic mass is 35.5. The fraction of sp³-hybridized carbons (Fsp3) is 0.889. The number of likely N-dealkylation sites (tertiary alicyclic amines) is 1. The third-order valence-corrected chi connectivity index (χ3v) is 2.94. The molecule has 0 radical (unpaired) electrons. The van der Waals surface area contributed by atoms with E-state index in [1.54, 1.807) is 11.8 Å². The molecule has 1 amide bonds. The zero-order valence-corrected chi connectivity index (χ0v) is 10.2. The molecule has 0 aromatic rings. The number of halogens is 1. The number of carbonyl (C=O) groups excluding carboxylic acids is 1. The largest absolute Gasteiger partial charge is 0.341 e. The second-order valence-electron chi connectivity index (χ2n) is 3.48. The lowest BCUT2D eigenvalue weighted by Gasteiger charge is -2.30. The Hall–Kier alpha value is 0.0700. The number of nitrogens with zero attached hydrogens (tertiary/aromatic N) is 1. The van der Waals surface area contributed by atoms with Crippen LogP contribution in [0.25, 0.3) is 0 Å². The minimum absolute atomic E-state index is 0. The Bertz CT molecular complexity index is 180. The first-order valence-corrected chi connectivity index (χ1v) is 6.15. The molecule has 1 aliphatic rings. The molecule has 5 heteroatoms. The molecule has 2 N–H and O–H groups in total. The van der Waals surface area contributed by atoms with Crippen molar-refractivity contribution in [3.05, 3.63) is 0 Å². The Morgan fingerprint density at radius 2 is 2.36 bits per heavy atom. The van der Waals surface area contributed by atoms with E-state index in [0.29, 0.717) is 6.42 Å². The fourth-order valence-electron chi connectivity index (χ4n) is 1.58. The van der Waals surface area contributed by atoms with Gasteiger partial charge < -0.3 is 10.6 Å². The summed E-state index contributed by atoms with van der Waals surface area (Å²) in [5.74, 6) is 1.19. The van der Waals surface area contributed by atoms with E-state index in [1.807, 2.05) is 11.2 Å². The molecule has 0 aromatic carbocycles. The highest BCUT2D eigenvalue weighted by Gasteiger charge is 2.20. The minimum Gasteiger partial charge on any atom is -0.341 e. The third-order valence-electron chi connectivity index (χ3n) is 2.33. The quantitative estimate of drug-likeness (QED) is 0.802. The van der Waals surface area contributed by atoms with Gasteiger partial charge in [-0.3, -0.25) is 4.79 Å². The van der Waals surface area contributed by atoms with Crippen LogP contribution in [0, 0.1) is 0 Å². The van der Waals surface area contributed by atoms with Crippen molar-refractivity contribution in [2.45, 2.75) is 25.3 Å². The Kier molecular flexibility index (Phi) is 7.41. The Morgan fingerprint density at radius 1 is 1.64 bits per heavy atom. The predicted octanol–water partition coefficient (Wildman–Crippen LogP) is 1.11. The van der Waals surface area contributed by atoms with Gasteiger partial charge in [-0.25, -0.2) is 0 Å². The van der Waals surface area contributed by atoms with Gasteiger partial charge in [0.05, 0.1) is 0 Å². The van der Waals surface area contributed by atoms with E-state index in [-0.39, 0.29) is 24.4 Å². The number of amides is 1. The monoisotopic (exact) mass is 238 g/mol. The number of carbonyl (C=O) groups is 1. The van der Waals surface area contributed by atoms with Crippen molar-refractivity contribution in [1.82, 2.24) is 4.90 Å². The lowest BCUT2D eigenvalue weighted by molar-refractivity contribution is -0.131. The molecule has 0 saturated carbocycles. The Balaban J connectivity index is 0.00000169. The van der Waals surface area contributed by atoms with Crippen molar-refractivity contribution in [3.8, 4) is 0 Å². The van der Waals surface area contributed by atoms with Gasteiger partial charge in [0.2, 0.25) is 5.91 Å². The van der Waals surface area contributed by atoms with Crippen LogP contribution in [0.2, 0.25) is 0 Å². The van der Waals surface area contributed by atoms with Gasteiger partial charge in [-0.2, -0.15) is 11.8 Å². The van der Waals surface area contributed by atoms with Crippen LogP contribution in [0.5, 0.6) is 0 Å². The average Bonchev–Trinajstić information content (AvgIpc) is 2.14. The predicted molar refractivity (Wildman–Crippen MR) is 64.0 cm³/mol. The number of nitrogens with two attached hydrogens (primary N) is 1. The zero-order chi connectivity index (χ0) is 9.68. The number of piperidine rings is 1. The Morgan fingerprint density at radius 3 is 2.93 bits per heavy atom. The molecule has 1 unspecified atom stereocenters. The lowest BCUT2D eigenvalue weighted by Crippen LogP contribution is -2.45. The molecule has 1 rings (SSSR count). The van der Waals surface area contributed by atoms with Crippen LogP contribution in [0.4, 0.5) is 0 Å². The zero-order valence-electron chi connectivity index (χ0n) is 8.57. The number of hydrogen-bond donors (Lipinski definition) is 1. The van der Waals surface area contributed by atoms with Crippen LogP contribution in [0.3, 0.4) is 0 Å². The summed E-state index contributed by atoms with van der Waals surface area (Å²) >= 11 is 1.72. The maximum atomic E-state index is 11.6. The molecular formula is C9H19ClN2OS. The van der Waals surface area contributed by atoms with E-state index in [0.717, 1.165) is 31.7 Å². The van der Waals surface area contributed by atoms with Gasteiger partial charge >= 0.3 is 0 Å². The highest BCUT2D eigenvalue weighted by molar-refractivity contribution is 7.98. The van der Waals surface area contributed by atoms with Crippen LogP contribution in [0.1, 0.15) is 19.3 Å². The maximum Gasteiger partial charge on any atom is 0.223 e. The van der Waals surface area contributed by atoms with Gasteiger partial charge in [0, 0.05) is 31.3 Å². The van der Waals surface area contributed by atoms with Crippen LogP contribution < -0.4 is 5.73 Å². The molecule has 0 bridgehead atoms. The topological polar surface area (TPSA) is 46.3 Å². The van der Waals surface area contributed by atoms with Gasteiger partial charge in [-0.1, -0.05) is 0 Å². The van der Waals surface area contributed by atoms with Crippen LogP contribution in [-0.2, 0) is 4.79 Å². The minimum atomic E-state index is 0. The highest BCUT2D eigenvalue weighted by Crippen LogP contribution is 2.10. The van der Waals surface area contributed by atoms with Crippen molar-refractivity contribution >= 4 is 30.1 Å². The average molecular weight is 239 g/mol. The van der Waals surface area contributed by atoms with Crippen LogP contribution in [-0.4, -0.2) is 41.9 Å². The maximum absolute atomic E-state index is 11.6. The standard InChI is InChI=1S/C9H18N2OS.ClH/c1-13-6-4-9(12)11-5-2-3-8(10)7-11;/h8H,2-7,10H2,1H3;1H. The SMILES string of the molecule is CSCCC(=O)N1CCCC(N)C1.Cl. The summed E-state index contributed by atoms with van der Waals surface area (Å²) in [6, 6.07) is 0.201. The molecule has 0 aliphatic carbocycles. The molecule has 0 spiro atoms. The summed E-state index contributed by atoms with van der Waals surface area (Å²) in [5.41, 5.74) is 5.79. The molecule has 1 heterocycles. The van der Waals surface area contributed by atoms with Crippen LogP contribution >= 0.6 is 24.2 Å². The van der Waals surface area contributed by atoms with Crippen molar-refractivity contribution in [2.75, 3.05) is 25.1 Å². The fourth-order valence-corrected chi connectivity index (χ4v) is 1.96. The lowest BCUT2D eigenvalue weighted by atomic mass is 10.1. The molecule has 1 saturated heterocycles. The molecule has 1 fully saturated rings. The van der Waals surface area contributed by atoms with E-state index in [2.05, 4.69) is 0 Å². The number of hydrogen-bond acceptors (Lipinski definition) is 3. The van der Waals surface area contributed by atoms with Gasteiger partial charge in [-0.15, -0.1) is 12.4 Å². The van der Waals surface area contributed by atoms with E-state index < -0.39 is 0 Å². The summed E-state index contributed by atoms with van der Waals surface area (Å²) in [6.45, 7) is 1.66. The normalized spacial score (nSPS) is 21.6. The number of thioether (sulfide) groups is 1. The van der Waals surface area contributed by atoms with E-state index in [4.69, 9.17) is 5.73 Å². The van der Waals surface area contributed by atoms with Gasteiger partial charge in [0.1, 0.15) is 0 Å². The van der Waals surface area contributed by atoms with Crippen molar-refractivity contribution in [3.63, 3.8) is 0 Å². The summed E-state index contributed by atoms with van der Waals surface area (Å²) in [7, 11) is 0. The molecule has 1 atom stereocenters. The molecular weight excluding hydrogens is 220 g/mol. The molecule has 14 heavy (non-hydrogen) atoms. The summed E-state index contributed by atoms with van der Waals surface area (Å²) in [5, 5.41) is 0. The van der Waals surface area contributed by atoms with E-state index in [9.17, 15) is 4.79 Å². The first-order chi connectivity index (χ1) is 6.24. The van der Waals surface area contributed by atoms with Crippen molar-refractivity contribution < 1.29 is 4.79 Å². The summed E-state index contributed by atoms with van der Waals surface area (Å²) in [6.07, 6.45) is 4.81. The molecule has 1 aliphatic heterocycles. The summed E-state index contributed by atoms with van der Waals surface area (Å²) < 4.78 is 0. The first kappa shape index (κ1) is 14.1. The van der Waals surface area contributed by atoms with E-state index in [1.165, 1.54) is 0 Å². The van der Waals surface area contributed by atoms with Crippen molar-refractivity contribution in [2.24, 2.45) is 5.73 Å². The van der Waals surface area contributed by atoms with Crippen molar-refractivity contribution in [1.29, 1.82) is 0 Å². The smallest absolute Gasteiger partial charge is 0.223 e. The Labute approximate surface area is 96.2 Å². The summed E-state index contributed by atoms with van der Waals surface area (Å²) in [4.78, 5) is 13.5.